The van der Waals surface area contributed by atoms with Crippen LogP contribution < -0.4 is 0 Å². The van der Waals surface area contributed by atoms with Gasteiger partial charge in [-0.3, -0.25) is 4.79 Å². The molecule has 2 aromatic rings. The number of halogens is 2. The van der Waals surface area contributed by atoms with E-state index in [1.54, 1.807) is 18.1 Å². The number of hydrogen-bond donors (Lipinski definition) is 0. The smallest absolute Gasteiger partial charge is 0.252 e. The van der Waals surface area contributed by atoms with Crippen LogP contribution in [0.1, 0.15) is 36.0 Å². The molecular formula is C19H23ClFN3O4. The molecular weight excluding hydrogens is 389 g/mol. The van der Waals surface area contributed by atoms with Gasteiger partial charge < -0.3 is 18.9 Å². The predicted molar refractivity (Wildman–Crippen MR) is 99.5 cm³/mol. The number of nitrogens with zero attached hydrogens (tertiary/aromatic N) is 3. The molecule has 7 nitrogen and oxygen atoms in total. The second-order valence-corrected chi connectivity index (χ2v) is 7.03. The molecule has 1 fully saturated rings. The number of methoxy groups -OCH3 is 1. The molecule has 152 valence electrons. The maximum Gasteiger partial charge on any atom is 0.252 e. The maximum absolute atomic E-state index is 13.9. The molecule has 0 radical (unpaired) electrons. The molecule has 1 aliphatic rings. The number of rotatable bonds is 8. The number of carbonyl (C=O) groups is 1. The van der Waals surface area contributed by atoms with E-state index in [0.29, 0.717) is 38.0 Å². The summed E-state index contributed by atoms with van der Waals surface area (Å²) in [6.45, 7) is 2.33. The Morgan fingerprint density at radius 1 is 1.36 bits per heavy atom. The van der Waals surface area contributed by atoms with Gasteiger partial charge in [-0.15, -0.1) is 0 Å². The van der Waals surface area contributed by atoms with Gasteiger partial charge >= 0.3 is 0 Å². The van der Waals surface area contributed by atoms with Gasteiger partial charge in [0.1, 0.15) is 12.4 Å². The third-order valence-corrected chi connectivity index (χ3v) is 5.10. The zero-order valence-corrected chi connectivity index (χ0v) is 16.5. The second-order valence-electron chi connectivity index (χ2n) is 6.62. The van der Waals surface area contributed by atoms with Gasteiger partial charge in [0.15, 0.2) is 5.82 Å². The number of hydrogen-bond acceptors (Lipinski definition) is 6. The Kier molecular flexibility index (Phi) is 7.36. The number of carbonyl (C=O) groups excluding carboxylic acids is 1. The SMILES string of the molecule is COCCOCc1nc(C2CCN(C(=O)Cc3c(F)cccc3Cl)CC2)no1. The molecule has 28 heavy (non-hydrogen) atoms. The van der Waals surface area contributed by atoms with E-state index in [1.807, 2.05) is 0 Å². The molecule has 0 unspecified atom stereocenters. The van der Waals surface area contributed by atoms with Crippen molar-refractivity contribution in [2.75, 3.05) is 33.4 Å². The lowest BCUT2D eigenvalue weighted by atomic mass is 9.95. The van der Waals surface area contributed by atoms with Crippen molar-refractivity contribution in [3.05, 3.63) is 46.3 Å². The quantitative estimate of drug-likeness (QED) is 0.621. The Labute approximate surface area is 167 Å². The Bertz CT molecular complexity index is 773. The molecule has 1 saturated heterocycles. The number of piperidine rings is 1. The number of ether oxygens (including phenoxy) is 2. The fraction of sp³-hybridized carbons (Fsp3) is 0.526. The van der Waals surface area contributed by atoms with Crippen LogP contribution in [-0.2, 0) is 27.3 Å². The third-order valence-electron chi connectivity index (χ3n) is 4.74. The zero-order valence-electron chi connectivity index (χ0n) is 15.7. The Morgan fingerprint density at radius 2 is 2.14 bits per heavy atom. The molecule has 0 bridgehead atoms. The van der Waals surface area contributed by atoms with Crippen molar-refractivity contribution in [2.45, 2.75) is 31.8 Å². The predicted octanol–water partition coefficient (Wildman–Crippen LogP) is 2.97. The highest BCUT2D eigenvalue weighted by Crippen LogP contribution is 2.27. The Hall–Kier alpha value is -2.03. The molecule has 1 aliphatic heterocycles. The summed E-state index contributed by atoms with van der Waals surface area (Å²) in [7, 11) is 1.61. The monoisotopic (exact) mass is 411 g/mol. The summed E-state index contributed by atoms with van der Waals surface area (Å²) in [5.41, 5.74) is 0.243. The van der Waals surface area contributed by atoms with E-state index in [-0.39, 0.29) is 35.4 Å². The van der Waals surface area contributed by atoms with Crippen LogP contribution in [0, 0.1) is 5.82 Å². The average molecular weight is 412 g/mol. The van der Waals surface area contributed by atoms with Gasteiger partial charge in [-0.2, -0.15) is 4.98 Å². The summed E-state index contributed by atoms with van der Waals surface area (Å²) in [6, 6.07) is 4.43. The van der Waals surface area contributed by atoms with Crippen molar-refractivity contribution in [3.63, 3.8) is 0 Å². The van der Waals surface area contributed by atoms with Gasteiger partial charge in [0.2, 0.25) is 5.91 Å². The summed E-state index contributed by atoms with van der Waals surface area (Å²) in [6.07, 6.45) is 1.40. The molecule has 0 N–H and O–H groups in total. The normalized spacial score (nSPS) is 15.2. The van der Waals surface area contributed by atoms with Crippen LogP contribution in [0.5, 0.6) is 0 Å². The first kappa shape index (κ1) is 20.7. The molecule has 1 aromatic carbocycles. The summed E-state index contributed by atoms with van der Waals surface area (Å²) in [4.78, 5) is 18.6. The highest BCUT2D eigenvalue weighted by Gasteiger charge is 2.27. The van der Waals surface area contributed by atoms with E-state index in [9.17, 15) is 9.18 Å². The minimum atomic E-state index is -0.456. The average Bonchev–Trinajstić information content (AvgIpc) is 3.17. The summed E-state index contributed by atoms with van der Waals surface area (Å²) in [5.74, 6) is 0.597. The molecule has 0 atom stereocenters. The van der Waals surface area contributed by atoms with Crippen LogP contribution in [0.2, 0.25) is 5.02 Å². The lowest BCUT2D eigenvalue weighted by molar-refractivity contribution is -0.131. The van der Waals surface area contributed by atoms with Gasteiger partial charge in [-0.1, -0.05) is 22.8 Å². The van der Waals surface area contributed by atoms with Crippen LogP contribution in [0.4, 0.5) is 4.39 Å². The van der Waals surface area contributed by atoms with Gasteiger partial charge in [-0.25, -0.2) is 4.39 Å². The molecule has 1 amide bonds. The van der Waals surface area contributed by atoms with Gasteiger partial charge in [0.05, 0.1) is 19.6 Å². The number of aromatic nitrogens is 2. The number of benzene rings is 1. The van der Waals surface area contributed by atoms with Crippen molar-refractivity contribution in [1.29, 1.82) is 0 Å². The first-order chi connectivity index (χ1) is 13.6. The molecule has 0 spiro atoms. The van der Waals surface area contributed by atoms with E-state index < -0.39 is 5.82 Å². The Morgan fingerprint density at radius 3 is 2.86 bits per heavy atom. The first-order valence-corrected chi connectivity index (χ1v) is 9.56. The lowest BCUT2D eigenvalue weighted by Gasteiger charge is -2.30. The minimum Gasteiger partial charge on any atom is -0.382 e. The van der Waals surface area contributed by atoms with E-state index in [0.717, 1.165) is 12.8 Å². The number of likely N-dealkylation sites (tertiary alicyclic amines) is 1. The van der Waals surface area contributed by atoms with E-state index >= 15 is 0 Å². The first-order valence-electron chi connectivity index (χ1n) is 9.18. The zero-order chi connectivity index (χ0) is 19.9. The van der Waals surface area contributed by atoms with E-state index in [4.69, 9.17) is 25.6 Å². The van der Waals surface area contributed by atoms with E-state index in [2.05, 4.69) is 10.1 Å². The van der Waals surface area contributed by atoms with Crippen LogP contribution in [0.3, 0.4) is 0 Å². The van der Waals surface area contributed by atoms with E-state index in [1.165, 1.54) is 12.1 Å². The highest BCUT2D eigenvalue weighted by atomic mass is 35.5. The number of amides is 1. The van der Waals surface area contributed by atoms with Gasteiger partial charge in [0, 0.05) is 36.7 Å². The summed E-state index contributed by atoms with van der Waals surface area (Å²) >= 11 is 6.02. The second kappa shape index (κ2) is 9.95. The fourth-order valence-electron chi connectivity index (χ4n) is 3.15. The van der Waals surface area contributed by atoms with Crippen molar-refractivity contribution in [1.82, 2.24) is 15.0 Å². The topological polar surface area (TPSA) is 77.7 Å². The van der Waals surface area contributed by atoms with Crippen LogP contribution >= 0.6 is 11.6 Å². The van der Waals surface area contributed by atoms with Crippen LogP contribution in [0.15, 0.2) is 22.7 Å². The molecule has 0 aliphatic carbocycles. The lowest BCUT2D eigenvalue weighted by Crippen LogP contribution is -2.39. The van der Waals surface area contributed by atoms with Gasteiger partial charge in [0.25, 0.3) is 5.89 Å². The standard InChI is InChI=1S/C19H23ClFN3O4/c1-26-9-10-27-12-17-22-19(23-28-17)13-5-7-24(8-6-13)18(25)11-14-15(20)3-2-4-16(14)21/h2-4,13H,5-12H2,1H3. The maximum atomic E-state index is 13.9. The van der Waals surface area contributed by atoms with Crippen LogP contribution in [-0.4, -0.2) is 54.4 Å². The largest absolute Gasteiger partial charge is 0.382 e. The highest BCUT2D eigenvalue weighted by molar-refractivity contribution is 6.31. The van der Waals surface area contributed by atoms with Crippen molar-refractivity contribution < 1.29 is 23.2 Å². The van der Waals surface area contributed by atoms with Crippen molar-refractivity contribution in [2.24, 2.45) is 0 Å². The molecule has 2 heterocycles. The fourth-order valence-corrected chi connectivity index (χ4v) is 3.38. The summed E-state index contributed by atoms with van der Waals surface area (Å²) in [5, 5.41) is 4.31. The molecule has 3 rings (SSSR count). The molecule has 1 aromatic heterocycles. The summed E-state index contributed by atoms with van der Waals surface area (Å²) < 4.78 is 29.4. The molecule has 9 heteroatoms. The third kappa shape index (κ3) is 5.27. The molecule has 0 saturated carbocycles. The van der Waals surface area contributed by atoms with Crippen molar-refractivity contribution >= 4 is 17.5 Å². The van der Waals surface area contributed by atoms with Crippen molar-refractivity contribution in [3.8, 4) is 0 Å². The Balaban J connectivity index is 1.49. The van der Waals surface area contributed by atoms with Gasteiger partial charge in [-0.05, 0) is 25.0 Å². The van der Waals surface area contributed by atoms with Crippen LogP contribution in [0.25, 0.3) is 0 Å². The minimum absolute atomic E-state index is 0.0403.